The predicted molar refractivity (Wildman–Crippen MR) is 89.9 cm³/mol. The van der Waals surface area contributed by atoms with Crippen LogP contribution >= 0.6 is 0 Å². The molecule has 0 radical (unpaired) electrons. The lowest BCUT2D eigenvalue weighted by molar-refractivity contribution is -0.137. The quantitative estimate of drug-likeness (QED) is 0.814. The van der Waals surface area contributed by atoms with Gasteiger partial charge in [0.25, 0.3) is 5.91 Å². The highest BCUT2D eigenvalue weighted by Gasteiger charge is 2.30. The lowest BCUT2D eigenvalue weighted by Gasteiger charge is -2.10. The standard InChI is InChI=1S/C18H19F3N2O3/c1-4-23-11(2)8-15(12(23)3)17(25)26-10-16(24)22-14-7-5-6-13(9-14)18(19,20)21/h5-9H,4,10H2,1-3H3,(H,22,24). The normalized spacial score (nSPS) is 11.3. The molecule has 1 heterocycles. The van der Waals surface area contributed by atoms with Gasteiger partial charge in [0, 0.05) is 23.6 Å². The van der Waals surface area contributed by atoms with Crippen LogP contribution in [0.2, 0.25) is 0 Å². The molecule has 0 atom stereocenters. The number of alkyl halides is 3. The van der Waals surface area contributed by atoms with E-state index in [0.717, 1.165) is 23.5 Å². The number of nitrogens with one attached hydrogen (secondary N) is 1. The summed E-state index contributed by atoms with van der Waals surface area (Å²) in [6, 6.07) is 5.90. The molecule has 1 N–H and O–H groups in total. The van der Waals surface area contributed by atoms with E-state index in [9.17, 15) is 22.8 Å². The van der Waals surface area contributed by atoms with Gasteiger partial charge in [0.2, 0.25) is 0 Å². The number of carbonyl (C=O) groups excluding carboxylic acids is 2. The number of aryl methyl sites for hydroxylation is 1. The van der Waals surface area contributed by atoms with Crippen LogP contribution in [0.5, 0.6) is 0 Å². The van der Waals surface area contributed by atoms with Crippen molar-refractivity contribution in [1.82, 2.24) is 4.57 Å². The van der Waals surface area contributed by atoms with Crippen LogP contribution in [0.15, 0.2) is 30.3 Å². The Hall–Kier alpha value is -2.77. The Kier molecular flexibility index (Phi) is 5.74. The average Bonchev–Trinajstić information content (AvgIpc) is 2.86. The summed E-state index contributed by atoms with van der Waals surface area (Å²) in [5, 5.41) is 2.28. The SMILES string of the molecule is CCn1c(C)cc(C(=O)OCC(=O)Nc2cccc(C(F)(F)F)c2)c1C. The molecule has 0 aliphatic rings. The molecule has 1 aromatic carbocycles. The number of hydrogen-bond donors (Lipinski definition) is 1. The number of nitrogens with zero attached hydrogens (tertiary/aromatic N) is 1. The van der Waals surface area contributed by atoms with Gasteiger partial charge >= 0.3 is 12.1 Å². The Balaban J connectivity index is 1.98. The van der Waals surface area contributed by atoms with Crippen LogP contribution in [0.4, 0.5) is 18.9 Å². The van der Waals surface area contributed by atoms with Gasteiger partial charge in [-0.1, -0.05) is 6.07 Å². The van der Waals surface area contributed by atoms with Gasteiger partial charge in [-0.15, -0.1) is 0 Å². The molecule has 1 amide bonds. The highest BCUT2D eigenvalue weighted by Crippen LogP contribution is 2.30. The number of esters is 1. The molecule has 2 rings (SSSR count). The van der Waals surface area contributed by atoms with Crippen LogP contribution in [0.1, 0.15) is 34.2 Å². The summed E-state index contributed by atoms with van der Waals surface area (Å²) in [5.74, 6) is -1.38. The third-order valence-electron chi connectivity index (χ3n) is 3.92. The molecule has 26 heavy (non-hydrogen) atoms. The number of halogens is 3. The first-order chi connectivity index (χ1) is 12.1. The van der Waals surface area contributed by atoms with Crippen molar-refractivity contribution in [3.63, 3.8) is 0 Å². The van der Waals surface area contributed by atoms with Crippen LogP contribution in [0.3, 0.4) is 0 Å². The molecule has 0 fully saturated rings. The van der Waals surface area contributed by atoms with Crippen molar-refractivity contribution in [2.24, 2.45) is 0 Å². The summed E-state index contributed by atoms with van der Waals surface area (Å²) in [4.78, 5) is 24.0. The van der Waals surface area contributed by atoms with E-state index in [0.29, 0.717) is 12.1 Å². The summed E-state index contributed by atoms with van der Waals surface area (Å²) >= 11 is 0. The molecular formula is C18H19F3N2O3. The largest absolute Gasteiger partial charge is 0.452 e. The Morgan fingerprint density at radius 2 is 1.88 bits per heavy atom. The first-order valence-electron chi connectivity index (χ1n) is 7.94. The summed E-state index contributed by atoms with van der Waals surface area (Å²) in [6.07, 6.45) is -4.50. The minimum Gasteiger partial charge on any atom is -0.452 e. The fraction of sp³-hybridized carbons (Fsp3) is 0.333. The molecule has 0 aliphatic heterocycles. The van der Waals surface area contributed by atoms with E-state index in [1.165, 1.54) is 12.1 Å². The maximum absolute atomic E-state index is 12.7. The second kappa shape index (κ2) is 7.63. The van der Waals surface area contributed by atoms with Crippen molar-refractivity contribution >= 4 is 17.6 Å². The summed E-state index contributed by atoms with van der Waals surface area (Å²) < 4.78 is 44.9. The average molecular weight is 368 g/mol. The van der Waals surface area contributed by atoms with E-state index in [2.05, 4.69) is 5.32 Å². The van der Waals surface area contributed by atoms with E-state index < -0.39 is 30.2 Å². The van der Waals surface area contributed by atoms with Crippen LogP contribution in [-0.2, 0) is 22.3 Å². The first-order valence-corrected chi connectivity index (χ1v) is 7.94. The second-order valence-electron chi connectivity index (χ2n) is 5.73. The summed E-state index contributed by atoms with van der Waals surface area (Å²) in [5.41, 5.74) is 1.08. The minimum absolute atomic E-state index is 0.0231. The second-order valence-corrected chi connectivity index (χ2v) is 5.73. The Labute approximate surface area is 148 Å². The molecule has 5 nitrogen and oxygen atoms in total. The van der Waals surface area contributed by atoms with Gasteiger partial charge in [0.05, 0.1) is 11.1 Å². The molecule has 8 heteroatoms. The van der Waals surface area contributed by atoms with Crippen LogP contribution < -0.4 is 5.32 Å². The Bertz CT molecular complexity index is 826. The molecule has 1 aromatic heterocycles. The van der Waals surface area contributed by atoms with Gasteiger partial charge in [-0.05, 0) is 45.0 Å². The number of ether oxygens (including phenoxy) is 1. The fourth-order valence-electron chi connectivity index (χ4n) is 2.67. The smallest absolute Gasteiger partial charge is 0.416 e. The molecular weight excluding hydrogens is 349 g/mol. The van der Waals surface area contributed by atoms with E-state index >= 15 is 0 Å². The van der Waals surface area contributed by atoms with Crippen LogP contribution in [-0.4, -0.2) is 23.1 Å². The number of carbonyl (C=O) groups is 2. The lowest BCUT2D eigenvalue weighted by Crippen LogP contribution is -2.21. The third-order valence-corrected chi connectivity index (χ3v) is 3.92. The van der Waals surface area contributed by atoms with Gasteiger partial charge < -0.3 is 14.6 Å². The molecule has 0 unspecified atom stereocenters. The van der Waals surface area contributed by atoms with Gasteiger partial charge in [0.1, 0.15) is 0 Å². The van der Waals surface area contributed by atoms with Crippen LogP contribution in [0, 0.1) is 13.8 Å². The van der Waals surface area contributed by atoms with Crippen molar-refractivity contribution in [2.75, 3.05) is 11.9 Å². The number of amides is 1. The highest BCUT2D eigenvalue weighted by molar-refractivity contribution is 5.96. The number of benzene rings is 1. The van der Waals surface area contributed by atoms with Crippen molar-refractivity contribution in [3.05, 3.63) is 52.8 Å². The first kappa shape index (κ1) is 19.6. The van der Waals surface area contributed by atoms with Crippen molar-refractivity contribution < 1.29 is 27.5 Å². The van der Waals surface area contributed by atoms with E-state index in [1.54, 1.807) is 13.0 Å². The predicted octanol–water partition coefficient (Wildman–Crippen LogP) is 3.94. The molecule has 0 saturated carbocycles. The Morgan fingerprint density at radius 1 is 1.19 bits per heavy atom. The highest BCUT2D eigenvalue weighted by atomic mass is 19.4. The van der Waals surface area contributed by atoms with Gasteiger partial charge in [-0.3, -0.25) is 4.79 Å². The zero-order valence-corrected chi connectivity index (χ0v) is 14.6. The van der Waals surface area contributed by atoms with Crippen molar-refractivity contribution in [3.8, 4) is 0 Å². The zero-order valence-electron chi connectivity index (χ0n) is 14.6. The molecule has 0 saturated heterocycles. The monoisotopic (exact) mass is 368 g/mol. The van der Waals surface area contributed by atoms with Gasteiger partial charge in [-0.25, -0.2) is 4.79 Å². The fourth-order valence-corrected chi connectivity index (χ4v) is 2.67. The number of aromatic nitrogens is 1. The van der Waals surface area contributed by atoms with E-state index in [-0.39, 0.29) is 5.69 Å². The lowest BCUT2D eigenvalue weighted by atomic mass is 10.2. The topological polar surface area (TPSA) is 60.3 Å². The third kappa shape index (κ3) is 4.44. The number of hydrogen-bond acceptors (Lipinski definition) is 3. The molecule has 2 aromatic rings. The zero-order chi connectivity index (χ0) is 19.5. The minimum atomic E-state index is -4.50. The maximum Gasteiger partial charge on any atom is 0.416 e. The molecule has 0 aliphatic carbocycles. The summed E-state index contributed by atoms with van der Waals surface area (Å²) in [7, 11) is 0. The molecule has 140 valence electrons. The summed E-state index contributed by atoms with van der Waals surface area (Å²) in [6.45, 7) is 5.67. The number of rotatable bonds is 5. The Morgan fingerprint density at radius 3 is 2.46 bits per heavy atom. The van der Waals surface area contributed by atoms with E-state index in [1.807, 2.05) is 18.4 Å². The van der Waals surface area contributed by atoms with E-state index in [4.69, 9.17) is 4.74 Å². The van der Waals surface area contributed by atoms with Gasteiger partial charge in [-0.2, -0.15) is 13.2 Å². The van der Waals surface area contributed by atoms with Crippen LogP contribution in [0.25, 0.3) is 0 Å². The van der Waals surface area contributed by atoms with Gasteiger partial charge in [0.15, 0.2) is 6.61 Å². The molecule has 0 spiro atoms. The maximum atomic E-state index is 12.7. The molecule has 0 bridgehead atoms. The van der Waals surface area contributed by atoms with Crippen molar-refractivity contribution in [1.29, 1.82) is 0 Å². The number of anilines is 1. The van der Waals surface area contributed by atoms with Crippen molar-refractivity contribution in [2.45, 2.75) is 33.5 Å².